The number of nitrogens with zero attached hydrogens (tertiary/aromatic N) is 2. The Bertz CT molecular complexity index is 1540. The summed E-state index contributed by atoms with van der Waals surface area (Å²) in [6.45, 7) is 4.98. The first-order valence-corrected chi connectivity index (χ1v) is 13.6. The van der Waals surface area contributed by atoms with Crippen molar-refractivity contribution in [1.82, 2.24) is 9.47 Å². The van der Waals surface area contributed by atoms with Crippen LogP contribution in [0.5, 0.6) is 5.75 Å². The molecule has 1 heterocycles. The zero-order valence-electron chi connectivity index (χ0n) is 22.0. The molecule has 0 aliphatic carbocycles. The molecule has 4 nitrogen and oxygen atoms in total. The molecular weight excluding hydrogens is 522 g/mol. The van der Waals surface area contributed by atoms with E-state index in [1.165, 1.54) is 44.1 Å². The second-order valence-corrected chi connectivity index (χ2v) is 10.8. The summed E-state index contributed by atoms with van der Waals surface area (Å²) < 4.78 is 8.95. The number of benzene rings is 4. The van der Waals surface area contributed by atoms with Gasteiger partial charge in [0.25, 0.3) is 0 Å². The summed E-state index contributed by atoms with van der Waals surface area (Å²) >= 11 is 3.56. The van der Waals surface area contributed by atoms with Gasteiger partial charge in [0.15, 0.2) is 0 Å². The lowest BCUT2D eigenvalue weighted by Crippen LogP contribution is -2.15. The molecule has 0 bridgehead atoms. The van der Waals surface area contributed by atoms with Crippen LogP contribution >= 0.6 is 15.9 Å². The normalized spacial score (nSPS) is 11.5. The van der Waals surface area contributed by atoms with Gasteiger partial charge in [-0.15, -0.1) is 0 Å². The van der Waals surface area contributed by atoms with E-state index >= 15 is 0 Å². The Balaban J connectivity index is 1.54. The van der Waals surface area contributed by atoms with Crippen molar-refractivity contribution in [3.63, 3.8) is 0 Å². The molecule has 37 heavy (non-hydrogen) atoms. The predicted octanol–water partition coefficient (Wildman–Crippen LogP) is 8.10. The predicted molar refractivity (Wildman–Crippen MR) is 161 cm³/mol. The van der Waals surface area contributed by atoms with Crippen LogP contribution in [0, 0.1) is 6.92 Å². The van der Waals surface area contributed by atoms with Gasteiger partial charge >= 0.3 is 0 Å². The van der Waals surface area contributed by atoms with E-state index in [1.807, 2.05) is 12.1 Å². The number of aromatic nitrogens is 1. The van der Waals surface area contributed by atoms with E-state index in [-0.39, 0.29) is 0 Å². The lowest BCUT2D eigenvalue weighted by molar-refractivity contribution is 0.389. The minimum atomic E-state index is 0.782. The largest absolute Gasteiger partial charge is 0.497 e. The van der Waals surface area contributed by atoms with Crippen molar-refractivity contribution in [2.24, 2.45) is 0 Å². The Kier molecular flexibility index (Phi) is 7.54. The lowest BCUT2D eigenvalue weighted by Gasteiger charge is -2.12. The molecule has 5 heteroatoms. The van der Waals surface area contributed by atoms with Gasteiger partial charge in [0.05, 0.1) is 7.11 Å². The highest BCUT2D eigenvalue weighted by molar-refractivity contribution is 9.10. The molecule has 0 aliphatic heterocycles. The van der Waals surface area contributed by atoms with Crippen molar-refractivity contribution in [3.8, 4) is 16.9 Å². The van der Waals surface area contributed by atoms with E-state index in [2.05, 4.69) is 118 Å². The smallest absolute Gasteiger partial charge is 0.118 e. The molecule has 5 aromatic rings. The number of aryl methyl sites for hydroxylation is 2. The minimum Gasteiger partial charge on any atom is -0.497 e. The highest BCUT2D eigenvalue weighted by Gasteiger charge is 2.13. The van der Waals surface area contributed by atoms with E-state index in [1.54, 1.807) is 7.11 Å². The Morgan fingerprint density at radius 2 is 1.54 bits per heavy atom. The standard InChI is InChI=1S/C32H34BrN3O/c1-22-18-26(33)10-13-30(22)34-21-23-6-14-31-28(19-23)29-20-25(24-7-11-27(37-4)12-8-24)9-15-32(29)36(31)17-5-16-35(2)3/h6-15,18-20,34H,5,16-17,21H2,1-4H3. The van der Waals surface area contributed by atoms with Crippen LogP contribution in [0.3, 0.4) is 0 Å². The second kappa shape index (κ2) is 11.0. The maximum absolute atomic E-state index is 5.36. The third-order valence-electron chi connectivity index (χ3n) is 7.01. The number of ether oxygens (including phenoxy) is 1. The van der Waals surface area contributed by atoms with E-state index in [0.29, 0.717) is 0 Å². The van der Waals surface area contributed by atoms with Crippen molar-refractivity contribution in [1.29, 1.82) is 0 Å². The van der Waals surface area contributed by atoms with E-state index < -0.39 is 0 Å². The number of hydrogen-bond acceptors (Lipinski definition) is 3. The first kappa shape index (κ1) is 25.4. The SMILES string of the molecule is COc1ccc(-c2ccc3c(c2)c2cc(CNc4ccc(Br)cc4C)ccc2n3CCCN(C)C)cc1. The summed E-state index contributed by atoms with van der Waals surface area (Å²) in [6.07, 6.45) is 1.11. The van der Waals surface area contributed by atoms with E-state index in [0.717, 1.165) is 42.0 Å². The average molecular weight is 557 g/mol. The highest BCUT2D eigenvalue weighted by Crippen LogP contribution is 2.34. The zero-order valence-corrected chi connectivity index (χ0v) is 23.6. The van der Waals surface area contributed by atoms with Crippen molar-refractivity contribution in [2.45, 2.75) is 26.4 Å². The third kappa shape index (κ3) is 5.53. The Morgan fingerprint density at radius 3 is 2.24 bits per heavy atom. The first-order valence-electron chi connectivity index (χ1n) is 12.8. The molecule has 0 amide bonds. The molecule has 1 N–H and O–H groups in total. The number of halogens is 1. The van der Waals surface area contributed by atoms with Gasteiger partial charge in [-0.05, 0) is 111 Å². The Labute approximate surface area is 228 Å². The Hall–Kier alpha value is -3.28. The minimum absolute atomic E-state index is 0.782. The fraction of sp³-hybridized carbons (Fsp3) is 0.250. The van der Waals surface area contributed by atoms with E-state index in [9.17, 15) is 0 Å². The molecule has 190 valence electrons. The first-order chi connectivity index (χ1) is 17.9. The topological polar surface area (TPSA) is 29.4 Å². The van der Waals surface area contributed by atoms with Crippen LogP contribution in [0.25, 0.3) is 32.9 Å². The number of nitrogens with one attached hydrogen (secondary N) is 1. The fourth-order valence-electron chi connectivity index (χ4n) is 5.03. The van der Waals surface area contributed by atoms with Gasteiger partial charge in [-0.25, -0.2) is 0 Å². The summed E-state index contributed by atoms with van der Waals surface area (Å²) in [6, 6.07) is 28.5. The van der Waals surface area contributed by atoms with Gasteiger partial charge in [-0.1, -0.05) is 40.2 Å². The number of hydrogen-bond donors (Lipinski definition) is 1. The maximum atomic E-state index is 5.36. The molecule has 4 aromatic carbocycles. The molecule has 0 atom stereocenters. The second-order valence-electron chi connectivity index (χ2n) is 9.93. The molecular formula is C32H34BrN3O. The van der Waals surface area contributed by atoms with E-state index in [4.69, 9.17) is 4.74 Å². The van der Waals surface area contributed by atoms with Gasteiger partial charge in [0.1, 0.15) is 5.75 Å². The monoisotopic (exact) mass is 555 g/mol. The zero-order chi connectivity index (χ0) is 25.9. The van der Waals surface area contributed by atoms with Gasteiger partial charge < -0.3 is 19.5 Å². The summed E-state index contributed by atoms with van der Waals surface area (Å²) in [4.78, 5) is 2.25. The maximum Gasteiger partial charge on any atom is 0.118 e. The molecule has 0 aliphatic rings. The summed E-state index contributed by atoms with van der Waals surface area (Å²) in [5, 5.41) is 6.23. The molecule has 1 aromatic heterocycles. The van der Waals surface area contributed by atoms with Crippen molar-refractivity contribution >= 4 is 43.4 Å². The van der Waals surface area contributed by atoms with Crippen molar-refractivity contribution in [2.75, 3.05) is 33.1 Å². The quantitative estimate of drug-likeness (QED) is 0.199. The fourth-order valence-corrected chi connectivity index (χ4v) is 5.51. The average Bonchev–Trinajstić information content (AvgIpc) is 3.20. The number of rotatable bonds is 9. The number of fused-ring (bicyclic) bond motifs is 3. The van der Waals surface area contributed by atoms with Crippen LogP contribution in [0.1, 0.15) is 17.5 Å². The molecule has 0 saturated carbocycles. The summed E-state index contributed by atoms with van der Waals surface area (Å²) in [5.41, 5.74) is 8.67. The van der Waals surface area contributed by atoms with Crippen LogP contribution < -0.4 is 10.1 Å². The molecule has 0 fully saturated rings. The summed E-state index contributed by atoms with van der Waals surface area (Å²) in [5.74, 6) is 0.875. The number of anilines is 1. The van der Waals surface area contributed by atoms with Gasteiger partial charge in [0.2, 0.25) is 0 Å². The van der Waals surface area contributed by atoms with Crippen LogP contribution in [0.2, 0.25) is 0 Å². The van der Waals surface area contributed by atoms with Crippen molar-refractivity contribution in [3.05, 3.63) is 94.5 Å². The van der Waals surface area contributed by atoms with Gasteiger partial charge in [-0.2, -0.15) is 0 Å². The molecule has 0 spiro atoms. The Morgan fingerprint density at radius 1 is 0.838 bits per heavy atom. The van der Waals surface area contributed by atoms with Crippen LogP contribution in [0.4, 0.5) is 5.69 Å². The molecule has 0 radical (unpaired) electrons. The molecule has 0 saturated heterocycles. The van der Waals surface area contributed by atoms with Crippen LogP contribution in [0.15, 0.2) is 83.3 Å². The van der Waals surface area contributed by atoms with Crippen LogP contribution in [-0.2, 0) is 13.1 Å². The van der Waals surface area contributed by atoms with Gasteiger partial charge in [0, 0.05) is 45.1 Å². The lowest BCUT2D eigenvalue weighted by atomic mass is 10.0. The van der Waals surface area contributed by atoms with Crippen molar-refractivity contribution < 1.29 is 4.74 Å². The molecule has 5 rings (SSSR count). The molecule has 0 unspecified atom stereocenters. The highest BCUT2D eigenvalue weighted by atomic mass is 79.9. The van der Waals surface area contributed by atoms with Gasteiger partial charge in [-0.3, -0.25) is 0 Å². The third-order valence-corrected chi connectivity index (χ3v) is 7.50. The van der Waals surface area contributed by atoms with Crippen LogP contribution in [-0.4, -0.2) is 37.2 Å². The summed E-state index contributed by atoms with van der Waals surface area (Å²) in [7, 11) is 5.98. The number of methoxy groups -OCH3 is 1.